The molecule has 220 valence electrons. The molecule has 0 radical (unpaired) electrons. The lowest BCUT2D eigenvalue weighted by molar-refractivity contribution is -0.384. The zero-order valence-corrected chi connectivity index (χ0v) is 26.4. The summed E-state index contributed by atoms with van der Waals surface area (Å²) in [7, 11) is -1.34. The van der Waals surface area contributed by atoms with E-state index in [0.29, 0.717) is 17.7 Å². The Morgan fingerprint density at radius 1 is 1.15 bits per heavy atom. The normalized spacial score (nSPS) is 17.9. The van der Waals surface area contributed by atoms with Gasteiger partial charge in [-0.1, -0.05) is 20.8 Å². The Hall–Kier alpha value is -2.96. The summed E-state index contributed by atoms with van der Waals surface area (Å²) in [5, 5.41) is 12.3. The number of esters is 2. The minimum Gasteiger partial charge on any atom is -0.462 e. The van der Waals surface area contributed by atoms with E-state index < -0.39 is 37.2 Å². The van der Waals surface area contributed by atoms with E-state index in [2.05, 4.69) is 33.9 Å². The molecule has 1 saturated heterocycles. The Kier molecular flexibility index (Phi) is 12.1. The minimum atomic E-state index is -1.34. The molecule has 0 aromatic heterocycles. The maximum Gasteiger partial charge on any atom is 0.355 e. The third-order valence-electron chi connectivity index (χ3n) is 6.36. The van der Waals surface area contributed by atoms with E-state index >= 15 is 0 Å². The molecule has 2 rings (SSSR count). The van der Waals surface area contributed by atoms with Crippen LogP contribution in [0.4, 0.5) is 5.69 Å². The van der Waals surface area contributed by atoms with Crippen molar-refractivity contribution in [2.75, 3.05) is 13.2 Å². The topological polar surface area (TPSA) is 125 Å². The molecular weight excluding hydrogens is 552 g/mol. The van der Waals surface area contributed by atoms with Crippen LogP contribution in [0.15, 0.2) is 47.0 Å². The van der Waals surface area contributed by atoms with Gasteiger partial charge in [-0.15, -0.1) is 11.8 Å². The molecule has 1 aliphatic rings. The molecule has 12 heteroatoms. The van der Waals surface area contributed by atoms with Crippen LogP contribution >= 0.6 is 11.8 Å². The number of nitro benzene ring substituents is 1. The second-order valence-corrected chi connectivity index (χ2v) is 14.6. The SMILES string of the molecule is CC(=O)OCC=CSC1C(C(CO[SiH](C)C)C(C)(C)C)C(=O)N1C(C(=O)OCc1ccc([N+](=O)[O-])cc1)=C(C)C. The predicted molar refractivity (Wildman–Crippen MR) is 157 cm³/mol. The van der Waals surface area contributed by atoms with Gasteiger partial charge in [-0.05, 0) is 67.1 Å². The van der Waals surface area contributed by atoms with Crippen LogP contribution in [0.3, 0.4) is 0 Å². The molecule has 0 aliphatic carbocycles. The highest BCUT2D eigenvalue weighted by Crippen LogP contribution is 2.48. The maximum atomic E-state index is 13.8. The smallest absolute Gasteiger partial charge is 0.355 e. The summed E-state index contributed by atoms with van der Waals surface area (Å²) < 4.78 is 16.6. The Labute approximate surface area is 242 Å². The number of rotatable bonds is 13. The first-order valence-electron chi connectivity index (χ1n) is 13.1. The van der Waals surface area contributed by atoms with Gasteiger partial charge in [-0.3, -0.25) is 24.6 Å². The Morgan fingerprint density at radius 3 is 2.27 bits per heavy atom. The summed E-state index contributed by atoms with van der Waals surface area (Å²) in [6.07, 6.45) is 1.70. The maximum absolute atomic E-state index is 13.8. The van der Waals surface area contributed by atoms with Crippen LogP contribution in [0.5, 0.6) is 0 Å². The summed E-state index contributed by atoms with van der Waals surface area (Å²) in [6.45, 7) is 15.7. The van der Waals surface area contributed by atoms with E-state index in [1.165, 1.54) is 47.9 Å². The molecule has 1 aromatic rings. The number of hydrogen-bond donors (Lipinski definition) is 0. The van der Waals surface area contributed by atoms with Gasteiger partial charge in [0.15, 0.2) is 9.04 Å². The monoisotopic (exact) mass is 592 g/mol. The van der Waals surface area contributed by atoms with Gasteiger partial charge in [-0.25, -0.2) is 4.79 Å². The number of nitrogens with zero attached hydrogens (tertiary/aromatic N) is 2. The molecule has 1 aliphatic heterocycles. The zero-order chi connectivity index (χ0) is 30.2. The van der Waals surface area contributed by atoms with Crippen LogP contribution in [0.25, 0.3) is 0 Å². The second kappa shape index (κ2) is 14.6. The molecule has 0 bridgehead atoms. The van der Waals surface area contributed by atoms with Crippen molar-refractivity contribution in [3.63, 3.8) is 0 Å². The number of thioether (sulfide) groups is 1. The molecule has 1 aromatic carbocycles. The van der Waals surface area contributed by atoms with Gasteiger partial charge >= 0.3 is 11.9 Å². The van der Waals surface area contributed by atoms with Crippen LogP contribution in [-0.4, -0.2) is 55.3 Å². The van der Waals surface area contributed by atoms with Crippen molar-refractivity contribution in [3.05, 3.63) is 62.7 Å². The molecule has 3 unspecified atom stereocenters. The molecule has 3 atom stereocenters. The lowest BCUT2D eigenvalue weighted by atomic mass is 9.70. The highest BCUT2D eigenvalue weighted by atomic mass is 32.2. The lowest BCUT2D eigenvalue weighted by Crippen LogP contribution is -2.64. The van der Waals surface area contributed by atoms with E-state index in [9.17, 15) is 24.5 Å². The van der Waals surface area contributed by atoms with E-state index in [1.807, 2.05) is 0 Å². The number of carbonyl (C=O) groups excluding carboxylic acids is 3. The average molecular weight is 593 g/mol. The predicted octanol–water partition coefficient (Wildman–Crippen LogP) is 5.19. The molecule has 1 heterocycles. The first kappa shape index (κ1) is 33.2. The second-order valence-electron chi connectivity index (χ2n) is 11.1. The van der Waals surface area contributed by atoms with Crippen LogP contribution in [0, 0.1) is 27.4 Å². The Bertz CT molecular complexity index is 1140. The van der Waals surface area contributed by atoms with Crippen molar-refractivity contribution >= 4 is 44.3 Å². The average Bonchev–Trinajstić information content (AvgIpc) is 2.85. The number of hydrogen-bond acceptors (Lipinski definition) is 9. The lowest BCUT2D eigenvalue weighted by Gasteiger charge is -2.52. The van der Waals surface area contributed by atoms with E-state index in [-0.39, 0.29) is 41.8 Å². The quantitative estimate of drug-likeness (QED) is 0.0760. The van der Waals surface area contributed by atoms with Gasteiger partial charge in [0, 0.05) is 31.6 Å². The van der Waals surface area contributed by atoms with Crippen LogP contribution < -0.4 is 0 Å². The fourth-order valence-corrected chi connectivity index (χ4v) is 5.99. The van der Waals surface area contributed by atoms with Crippen molar-refractivity contribution < 1.29 is 33.2 Å². The number of carbonyl (C=O) groups is 3. The van der Waals surface area contributed by atoms with Gasteiger partial charge in [0.2, 0.25) is 5.91 Å². The summed E-state index contributed by atoms with van der Waals surface area (Å²) in [4.78, 5) is 50.1. The zero-order valence-electron chi connectivity index (χ0n) is 24.5. The van der Waals surface area contributed by atoms with Gasteiger partial charge in [0.25, 0.3) is 5.69 Å². The number of nitro groups is 1. The van der Waals surface area contributed by atoms with Crippen molar-refractivity contribution in [1.82, 2.24) is 4.90 Å². The highest BCUT2D eigenvalue weighted by Gasteiger charge is 2.56. The first-order valence-corrected chi connectivity index (χ1v) is 16.8. The number of amides is 1. The fourth-order valence-electron chi connectivity index (χ4n) is 4.24. The standard InChI is InChI=1S/C28H40N2O8SSi/c1-18(2)24(27(33)37-16-20-10-12-21(13-11-20)30(34)35)29-25(32)23(22(28(4,5)6)17-38-40(7)8)26(29)39-15-9-14-36-19(3)31/h9-13,15,22-23,26,40H,14,16-17H2,1-8H3. The third-order valence-corrected chi connectivity index (χ3v) is 8.35. The molecule has 0 saturated carbocycles. The van der Waals surface area contributed by atoms with Gasteiger partial charge in [0.1, 0.15) is 18.9 Å². The first-order chi connectivity index (χ1) is 18.6. The van der Waals surface area contributed by atoms with Crippen molar-refractivity contribution in [2.45, 2.75) is 66.6 Å². The van der Waals surface area contributed by atoms with Crippen molar-refractivity contribution in [3.8, 4) is 0 Å². The molecule has 40 heavy (non-hydrogen) atoms. The van der Waals surface area contributed by atoms with Gasteiger partial charge in [0.05, 0.1) is 16.2 Å². The summed E-state index contributed by atoms with van der Waals surface area (Å²) in [5.41, 5.74) is 1.07. The van der Waals surface area contributed by atoms with Gasteiger partial charge < -0.3 is 13.9 Å². The number of β-lactam (4-membered cyclic amide) rings is 1. The number of likely N-dealkylation sites (tertiary alicyclic amines) is 1. The fraction of sp³-hybridized carbons (Fsp3) is 0.536. The van der Waals surface area contributed by atoms with E-state index in [0.717, 1.165) is 0 Å². The Balaban J connectivity index is 2.32. The summed E-state index contributed by atoms with van der Waals surface area (Å²) >= 11 is 1.38. The van der Waals surface area contributed by atoms with Gasteiger partial charge in [-0.2, -0.15) is 0 Å². The Morgan fingerprint density at radius 2 is 1.77 bits per heavy atom. The molecule has 1 fully saturated rings. The van der Waals surface area contributed by atoms with Crippen molar-refractivity contribution in [1.29, 1.82) is 0 Å². The van der Waals surface area contributed by atoms with E-state index in [1.54, 1.807) is 25.3 Å². The van der Waals surface area contributed by atoms with Crippen molar-refractivity contribution in [2.24, 2.45) is 17.3 Å². The number of non-ortho nitro benzene ring substituents is 1. The number of ether oxygens (including phenoxy) is 2. The minimum absolute atomic E-state index is 0.0589. The largest absolute Gasteiger partial charge is 0.462 e. The summed E-state index contributed by atoms with van der Waals surface area (Å²) in [5.74, 6) is -1.73. The van der Waals surface area contributed by atoms with Crippen LogP contribution in [0.2, 0.25) is 13.1 Å². The number of benzene rings is 1. The summed E-state index contributed by atoms with van der Waals surface area (Å²) in [6, 6.07) is 5.74. The molecule has 0 N–H and O–H groups in total. The molecular formula is C28H40N2O8SSi. The van der Waals surface area contributed by atoms with E-state index in [4.69, 9.17) is 13.9 Å². The molecule has 10 nitrogen and oxygen atoms in total. The molecule has 0 spiro atoms. The van der Waals surface area contributed by atoms with Crippen LogP contribution in [0.1, 0.15) is 47.1 Å². The molecule has 1 amide bonds. The van der Waals surface area contributed by atoms with Crippen LogP contribution in [-0.2, 0) is 34.9 Å². The highest BCUT2D eigenvalue weighted by molar-refractivity contribution is 8.02. The number of allylic oxidation sites excluding steroid dienone is 1. The third kappa shape index (κ3) is 9.03.